The molecule has 148 valence electrons. The van der Waals surface area contributed by atoms with E-state index in [0.717, 1.165) is 37.0 Å². The van der Waals surface area contributed by atoms with E-state index < -0.39 is 6.10 Å². The molecule has 1 unspecified atom stereocenters. The molecule has 5 atom stereocenters. The molecule has 3 saturated heterocycles. The van der Waals surface area contributed by atoms with Crippen LogP contribution in [-0.4, -0.2) is 29.1 Å². The van der Waals surface area contributed by atoms with Gasteiger partial charge >= 0.3 is 0 Å². The molecule has 3 aliphatic rings. The van der Waals surface area contributed by atoms with Crippen molar-refractivity contribution < 1.29 is 9.67 Å². The number of rotatable bonds is 5. The number of aliphatic hydroxyl groups is 1. The van der Waals surface area contributed by atoms with Gasteiger partial charge in [0.2, 0.25) is 5.52 Å². The largest absolute Gasteiger partial charge is 0.387 e. The van der Waals surface area contributed by atoms with Crippen molar-refractivity contribution >= 4 is 10.9 Å². The van der Waals surface area contributed by atoms with Crippen LogP contribution in [0.15, 0.2) is 79.5 Å². The number of fused-ring (bicyclic) bond motifs is 4. The molecule has 3 aromatic rings. The highest BCUT2D eigenvalue weighted by atomic mass is 16.3. The molecule has 2 bridgehead atoms. The maximum absolute atomic E-state index is 11.4. The number of aromatic nitrogens is 1. The quantitative estimate of drug-likeness (QED) is 0.529. The van der Waals surface area contributed by atoms with Gasteiger partial charge in [-0.1, -0.05) is 48.5 Å². The van der Waals surface area contributed by atoms with E-state index in [-0.39, 0.29) is 6.04 Å². The molecule has 2 aromatic carbocycles. The van der Waals surface area contributed by atoms with Crippen molar-refractivity contribution in [2.45, 2.75) is 31.5 Å². The minimum atomic E-state index is -0.458. The number of hydrogen-bond donors (Lipinski definition) is 1. The van der Waals surface area contributed by atoms with Crippen LogP contribution in [0.1, 0.15) is 30.1 Å². The number of pyridine rings is 1. The standard InChI is InChI=1S/C26H29N2O/c1-2-20-18-28-14-12-21(20)16-25(28)26(29)23-13-15-27(17-19-8-4-3-5-9-19)24-11-7-6-10-22(23)24/h2-11,13,15,20-21,25-26,29H,1,12,14,16-18H2/q+1/t20-,21+,25-,26+/m1/s1. The normalized spacial score (nSPS) is 27.1. The van der Waals surface area contributed by atoms with Gasteiger partial charge in [0.05, 0.1) is 11.5 Å². The molecular weight excluding hydrogens is 356 g/mol. The van der Waals surface area contributed by atoms with Crippen molar-refractivity contribution in [2.24, 2.45) is 11.8 Å². The SMILES string of the molecule is C=C[C@@H]1CN2CC[C@H]1C[C@@H]2[C@@H](O)c1cc[n+](Cc2ccccc2)c2ccccc12. The van der Waals surface area contributed by atoms with E-state index in [2.05, 4.69) is 89.0 Å². The first-order valence-electron chi connectivity index (χ1n) is 10.7. The summed E-state index contributed by atoms with van der Waals surface area (Å²) in [6, 6.07) is 21.3. The van der Waals surface area contributed by atoms with Gasteiger partial charge in [-0.05, 0) is 37.3 Å². The Morgan fingerprint density at radius 2 is 1.90 bits per heavy atom. The van der Waals surface area contributed by atoms with Crippen molar-refractivity contribution in [3.8, 4) is 0 Å². The molecule has 0 amide bonds. The summed E-state index contributed by atoms with van der Waals surface area (Å²) in [6.07, 6.45) is 6.08. The number of aliphatic hydroxyl groups excluding tert-OH is 1. The Hall–Kier alpha value is -2.49. The molecule has 1 N–H and O–H groups in total. The van der Waals surface area contributed by atoms with Crippen molar-refractivity contribution in [3.05, 3.63) is 90.6 Å². The summed E-state index contributed by atoms with van der Waals surface area (Å²) in [5, 5.41) is 12.6. The summed E-state index contributed by atoms with van der Waals surface area (Å²) in [6.45, 7) is 6.98. The number of nitrogens with zero attached hydrogens (tertiary/aromatic N) is 2. The third-order valence-electron chi connectivity index (χ3n) is 6.99. The van der Waals surface area contributed by atoms with Crippen molar-refractivity contribution in [3.63, 3.8) is 0 Å². The maximum atomic E-state index is 11.4. The topological polar surface area (TPSA) is 27.3 Å². The first-order valence-corrected chi connectivity index (χ1v) is 10.7. The third-order valence-corrected chi connectivity index (χ3v) is 6.99. The van der Waals surface area contributed by atoms with Gasteiger partial charge in [-0.2, -0.15) is 4.57 Å². The molecule has 3 aliphatic heterocycles. The lowest BCUT2D eigenvalue weighted by Gasteiger charge is -2.50. The lowest BCUT2D eigenvalue weighted by molar-refractivity contribution is -0.662. The lowest BCUT2D eigenvalue weighted by atomic mass is 9.73. The summed E-state index contributed by atoms with van der Waals surface area (Å²) in [5.74, 6) is 1.24. The van der Waals surface area contributed by atoms with Crippen LogP contribution in [0.3, 0.4) is 0 Å². The molecule has 29 heavy (non-hydrogen) atoms. The Morgan fingerprint density at radius 3 is 2.66 bits per heavy atom. The second-order valence-corrected chi connectivity index (χ2v) is 8.59. The minimum Gasteiger partial charge on any atom is -0.387 e. The Labute approximate surface area is 172 Å². The molecule has 0 saturated carbocycles. The van der Waals surface area contributed by atoms with Crippen LogP contribution < -0.4 is 4.57 Å². The van der Waals surface area contributed by atoms with E-state index in [9.17, 15) is 5.11 Å². The van der Waals surface area contributed by atoms with Crippen molar-refractivity contribution in [2.75, 3.05) is 13.1 Å². The van der Waals surface area contributed by atoms with Crippen molar-refractivity contribution in [1.29, 1.82) is 0 Å². The van der Waals surface area contributed by atoms with Crippen LogP contribution in [0.25, 0.3) is 10.9 Å². The van der Waals surface area contributed by atoms with Crippen LogP contribution in [0.5, 0.6) is 0 Å². The summed E-state index contributed by atoms with van der Waals surface area (Å²) in [4.78, 5) is 2.48. The average Bonchev–Trinajstić information content (AvgIpc) is 2.79. The van der Waals surface area contributed by atoms with Gasteiger partial charge in [0.1, 0.15) is 0 Å². The van der Waals surface area contributed by atoms with Gasteiger partial charge in [0.25, 0.3) is 0 Å². The molecule has 3 heteroatoms. The molecule has 4 heterocycles. The Kier molecular flexibility index (Phi) is 4.94. The molecule has 6 rings (SSSR count). The zero-order valence-corrected chi connectivity index (χ0v) is 16.8. The Bertz CT molecular complexity index is 1020. The molecule has 0 aliphatic carbocycles. The van der Waals surface area contributed by atoms with E-state index in [1.807, 2.05) is 0 Å². The van der Waals surface area contributed by atoms with Crippen LogP contribution in [-0.2, 0) is 6.54 Å². The predicted molar refractivity (Wildman–Crippen MR) is 116 cm³/mol. The summed E-state index contributed by atoms with van der Waals surface area (Å²) < 4.78 is 2.28. The van der Waals surface area contributed by atoms with Gasteiger partial charge in [-0.25, -0.2) is 0 Å². The lowest BCUT2D eigenvalue weighted by Crippen LogP contribution is -2.54. The summed E-state index contributed by atoms with van der Waals surface area (Å²) in [7, 11) is 0. The summed E-state index contributed by atoms with van der Waals surface area (Å²) >= 11 is 0. The molecule has 3 nitrogen and oxygen atoms in total. The van der Waals surface area contributed by atoms with E-state index in [4.69, 9.17) is 0 Å². The predicted octanol–water partition coefficient (Wildman–Crippen LogP) is 4.11. The van der Waals surface area contributed by atoms with Gasteiger partial charge in [-0.15, -0.1) is 6.58 Å². The highest BCUT2D eigenvalue weighted by Crippen LogP contribution is 2.41. The number of hydrogen-bond acceptors (Lipinski definition) is 2. The average molecular weight is 386 g/mol. The maximum Gasteiger partial charge on any atom is 0.213 e. The van der Waals surface area contributed by atoms with Crippen LogP contribution >= 0.6 is 0 Å². The van der Waals surface area contributed by atoms with Crippen LogP contribution in [0.2, 0.25) is 0 Å². The molecule has 0 radical (unpaired) electrons. The zero-order chi connectivity index (χ0) is 19.8. The minimum absolute atomic E-state index is 0.207. The van der Waals surface area contributed by atoms with E-state index in [0.29, 0.717) is 11.8 Å². The first kappa shape index (κ1) is 18.5. The zero-order valence-electron chi connectivity index (χ0n) is 16.8. The fourth-order valence-electron chi connectivity index (χ4n) is 5.40. The first-order chi connectivity index (χ1) is 14.2. The fourth-order valence-corrected chi connectivity index (χ4v) is 5.40. The fraction of sp³-hybridized carbons (Fsp3) is 0.346. The number of piperidine rings is 3. The van der Waals surface area contributed by atoms with Gasteiger partial charge < -0.3 is 5.11 Å². The van der Waals surface area contributed by atoms with Gasteiger partial charge in [0.15, 0.2) is 12.7 Å². The molecule has 0 spiro atoms. The van der Waals surface area contributed by atoms with Gasteiger partial charge in [-0.3, -0.25) is 4.90 Å². The smallest absolute Gasteiger partial charge is 0.213 e. The number of benzene rings is 2. The van der Waals surface area contributed by atoms with Gasteiger partial charge in [0, 0.05) is 35.8 Å². The highest BCUT2D eigenvalue weighted by molar-refractivity contribution is 5.79. The monoisotopic (exact) mass is 385 g/mol. The number of para-hydroxylation sites is 1. The van der Waals surface area contributed by atoms with E-state index >= 15 is 0 Å². The second kappa shape index (κ2) is 7.74. The van der Waals surface area contributed by atoms with E-state index in [1.54, 1.807) is 0 Å². The van der Waals surface area contributed by atoms with Crippen molar-refractivity contribution in [1.82, 2.24) is 4.90 Å². The molecular formula is C26H29N2O+. The molecule has 1 aromatic heterocycles. The van der Waals surface area contributed by atoms with Crippen LogP contribution in [0, 0.1) is 11.8 Å². The molecule has 3 fully saturated rings. The Morgan fingerprint density at radius 1 is 1.10 bits per heavy atom. The van der Waals surface area contributed by atoms with E-state index in [1.165, 1.54) is 17.5 Å². The third kappa shape index (κ3) is 3.39. The second-order valence-electron chi connectivity index (χ2n) is 8.59. The highest BCUT2D eigenvalue weighted by Gasteiger charge is 2.42. The summed E-state index contributed by atoms with van der Waals surface area (Å²) in [5.41, 5.74) is 3.51. The Balaban J connectivity index is 1.48. The van der Waals surface area contributed by atoms with Crippen LogP contribution in [0.4, 0.5) is 0 Å².